The summed E-state index contributed by atoms with van der Waals surface area (Å²) < 4.78 is 0. The third kappa shape index (κ3) is 8.93. The highest BCUT2D eigenvalue weighted by molar-refractivity contribution is 6.36. The fourth-order valence-electron chi connectivity index (χ4n) is 8.09. The van der Waals surface area contributed by atoms with Crippen LogP contribution in [-0.2, 0) is 38.4 Å². The number of hydrogen-bond donors (Lipinski definition) is 3. The van der Waals surface area contributed by atoms with Crippen LogP contribution in [0.1, 0.15) is 49.8 Å². The number of hydrogen-bond acceptors (Lipinski definition) is 7. The highest BCUT2D eigenvalue weighted by Crippen LogP contribution is 2.28. The number of carbonyl (C=O) groups excluding carboxylic acids is 4. The maximum atomic E-state index is 14.1. The lowest BCUT2D eigenvalue weighted by Crippen LogP contribution is -2.64. The quantitative estimate of drug-likeness (QED) is 0.219. The predicted molar refractivity (Wildman–Crippen MR) is 197 cm³/mol. The van der Waals surface area contributed by atoms with E-state index in [2.05, 4.69) is 24.1 Å². The number of nitrogens with one attached hydrogen (secondary N) is 1. The van der Waals surface area contributed by atoms with E-state index >= 15 is 0 Å². The van der Waals surface area contributed by atoms with Crippen LogP contribution < -0.4 is 5.32 Å². The predicted octanol–water partition coefficient (Wildman–Crippen LogP) is 3.37. The molecule has 3 aromatic carbocycles. The molecule has 0 bridgehead atoms. The molecule has 4 amide bonds. The van der Waals surface area contributed by atoms with Crippen molar-refractivity contribution in [3.63, 3.8) is 0 Å². The summed E-state index contributed by atoms with van der Waals surface area (Å²) >= 11 is 0. The number of phenolic OH excluding ortho intramolecular Hbond substituents is 2. The molecule has 0 aliphatic carbocycles. The molecule has 3 fully saturated rings. The van der Waals surface area contributed by atoms with Gasteiger partial charge in [0.05, 0.1) is 12.1 Å². The maximum absolute atomic E-state index is 14.1. The zero-order valence-corrected chi connectivity index (χ0v) is 30.2. The summed E-state index contributed by atoms with van der Waals surface area (Å²) in [5.74, 6) is -1.48. The molecule has 0 radical (unpaired) electrons. The van der Waals surface area contributed by atoms with E-state index in [-0.39, 0.29) is 41.6 Å². The Balaban J connectivity index is 1.20. The van der Waals surface area contributed by atoms with E-state index in [9.17, 15) is 29.4 Å². The number of amides is 4. The van der Waals surface area contributed by atoms with Crippen LogP contribution in [0.25, 0.3) is 0 Å². The first-order valence-corrected chi connectivity index (χ1v) is 18.6. The van der Waals surface area contributed by atoms with Crippen LogP contribution in [0.2, 0.25) is 0 Å². The summed E-state index contributed by atoms with van der Waals surface area (Å²) in [6.07, 6.45) is 4.23. The molecule has 276 valence electrons. The number of likely N-dealkylation sites (tertiary alicyclic amines) is 1. The van der Waals surface area contributed by atoms with Crippen LogP contribution in [0.4, 0.5) is 0 Å². The number of phenols is 2. The largest absolute Gasteiger partial charge is 0.508 e. The molecule has 0 spiro atoms. The Bertz CT molecular complexity index is 1700. The van der Waals surface area contributed by atoms with Gasteiger partial charge in [0, 0.05) is 44.8 Å². The Morgan fingerprint density at radius 2 is 1.37 bits per heavy atom. The molecular weight excluding hydrogens is 658 g/mol. The molecule has 0 saturated carbocycles. The Morgan fingerprint density at radius 1 is 0.731 bits per heavy atom. The van der Waals surface area contributed by atoms with Crippen LogP contribution in [0.5, 0.6) is 11.5 Å². The summed E-state index contributed by atoms with van der Waals surface area (Å²) in [5, 5.41) is 22.4. The Kier molecular flexibility index (Phi) is 11.8. The van der Waals surface area contributed by atoms with Gasteiger partial charge in [0.1, 0.15) is 11.5 Å². The minimum absolute atomic E-state index is 0.00223. The zero-order chi connectivity index (χ0) is 36.8. The van der Waals surface area contributed by atoms with Gasteiger partial charge in [-0.25, -0.2) is 0 Å². The van der Waals surface area contributed by atoms with Gasteiger partial charge in [-0.05, 0) is 91.9 Å². The number of nitrogens with zero attached hydrogens (tertiary/aromatic N) is 4. The van der Waals surface area contributed by atoms with Crippen molar-refractivity contribution in [1.82, 2.24) is 24.9 Å². The van der Waals surface area contributed by atoms with Gasteiger partial charge in [0.2, 0.25) is 0 Å². The van der Waals surface area contributed by atoms with Crippen LogP contribution in [0, 0.1) is 5.92 Å². The molecule has 0 aromatic heterocycles. The summed E-state index contributed by atoms with van der Waals surface area (Å²) in [6, 6.07) is 23.2. The Morgan fingerprint density at radius 3 is 2.00 bits per heavy atom. The second-order valence-corrected chi connectivity index (χ2v) is 15.0. The number of carbonyl (C=O) groups is 4. The maximum Gasteiger partial charge on any atom is 0.312 e. The van der Waals surface area contributed by atoms with Crippen molar-refractivity contribution in [2.45, 2.75) is 76.5 Å². The van der Waals surface area contributed by atoms with Crippen LogP contribution >= 0.6 is 0 Å². The van der Waals surface area contributed by atoms with Gasteiger partial charge in [0.25, 0.3) is 0 Å². The highest BCUT2D eigenvalue weighted by Gasteiger charge is 2.44. The first-order valence-electron chi connectivity index (χ1n) is 18.6. The van der Waals surface area contributed by atoms with Gasteiger partial charge in [-0.3, -0.25) is 24.1 Å². The van der Waals surface area contributed by atoms with Gasteiger partial charge < -0.3 is 30.2 Å². The topological polar surface area (TPSA) is 134 Å². The molecular formula is C41H51N5O6. The van der Waals surface area contributed by atoms with E-state index < -0.39 is 23.6 Å². The smallest absolute Gasteiger partial charge is 0.312 e. The van der Waals surface area contributed by atoms with Gasteiger partial charge >= 0.3 is 23.6 Å². The summed E-state index contributed by atoms with van der Waals surface area (Å²) in [6.45, 7) is 7.19. The van der Waals surface area contributed by atoms with E-state index in [4.69, 9.17) is 0 Å². The zero-order valence-electron chi connectivity index (χ0n) is 30.2. The first-order chi connectivity index (χ1) is 25.0. The molecule has 3 aliphatic rings. The monoisotopic (exact) mass is 709 g/mol. The lowest BCUT2D eigenvalue weighted by Gasteiger charge is -2.46. The molecule has 11 nitrogen and oxygen atoms in total. The number of benzene rings is 3. The van der Waals surface area contributed by atoms with E-state index in [1.807, 2.05) is 54.6 Å². The standard InChI is InChI=1S/C41H51N5O6/c1-28(2)21-34(25-43-19-6-9-32(43)26-45-33(24-42-38(49)39(45)50)22-30-10-14-36(47)15-11-30)46-27-35(23-31-12-16-37(48)17-13-31)44(40(51)41(46)52)20-18-29-7-4-3-5-8-29/h3-5,7-8,10-17,28,32-35,47-48H,6,9,18-27H2,1-2H3,(H,42,49)/t32-,33-,34-,35-/m0/s1. The first kappa shape index (κ1) is 36.9. The van der Waals surface area contributed by atoms with Gasteiger partial charge in [-0.15, -0.1) is 0 Å². The van der Waals surface area contributed by atoms with Crippen LogP contribution in [0.15, 0.2) is 78.9 Å². The number of aromatic hydroxyl groups is 2. The highest BCUT2D eigenvalue weighted by atomic mass is 16.3. The molecule has 3 aliphatic heterocycles. The average molecular weight is 710 g/mol. The van der Waals surface area contributed by atoms with E-state index in [1.165, 1.54) is 0 Å². The minimum Gasteiger partial charge on any atom is -0.508 e. The number of rotatable bonds is 14. The SMILES string of the molecule is CC(C)C[C@@H](CN1CCC[C@H]1CN1C(=O)C(=O)NC[C@@H]1Cc1ccc(O)cc1)N1C[C@H](Cc2ccc(O)cc2)N(CCc2ccccc2)C(=O)C1=O. The minimum atomic E-state index is -0.599. The lowest BCUT2D eigenvalue weighted by molar-refractivity contribution is -0.161. The van der Waals surface area contributed by atoms with Gasteiger partial charge in [-0.1, -0.05) is 68.4 Å². The van der Waals surface area contributed by atoms with Gasteiger partial charge in [-0.2, -0.15) is 0 Å². The molecule has 3 N–H and O–H groups in total. The molecule has 4 atom stereocenters. The summed E-state index contributed by atoms with van der Waals surface area (Å²) in [4.78, 5) is 61.6. The van der Waals surface area contributed by atoms with E-state index in [0.29, 0.717) is 58.4 Å². The van der Waals surface area contributed by atoms with E-state index in [0.717, 1.165) is 36.1 Å². The van der Waals surface area contributed by atoms with Crippen LogP contribution in [0.3, 0.4) is 0 Å². The van der Waals surface area contributed by atoms with Crippen molar-refractivity contribution in [1.29, 1.82) is 0 Å². The van der Waals surface area contributed by atoms with Crippen molar-refractivity contribution in [3.05, 3.63) is 95.6 Å². The fraction of sp³-hybridized carbons (Fsp3) is 0.463. The normalized spacial score (nSPS) is 22.0. The summed E-state index contributed by atoms with van der Waals surface area (Å²) in [5.41, 5.74) is 3.04. The Hall–Kier alpha value is -4.90. The second kappa shape index (κ2) is 16.6. The molecule has 3 heterocycles. The van der Waals surface area contributed by atoms with Crippen molar-refractivity contribution < 1.29 is 29.4 Å². The molecule has 6 rings (SSSR count). The molecule has 3 aromatic rings. The molecule has 3 saturated heterocycles. The number of piperazine rings is 2. The fourth-order valence-corrected chi connectivity index (χ4v) is 8.09. The molecule has 52 heavy (non-hydrogen) atoms. The van der Waals surface area contributed by atoms with Gasteiger partial charge in [0.15, 0.2) is 0 Å². The van der Waals surface area contributed by atoms with E-state index in [1.54, 1.807) is 39.0 Å². The van der Waals surface area contributed by atoms with Crippen LogP contribution in [-0.4, -0.2) is 117 Å². The van der Waals surface area contributed by atoms with Crippen molar-refractivity contribution >= 4 is 23.6 Å². The molecule has 0 unspecified atom stereocenters. The van der Waals surface area contributed by atoms with Crippen molar-refractivity contribution in [2.24, 2.45) is 5.92 Å². The summed E-state index contributed by atoms with van der Waals surface area (Å²) in [7, 11) is 0. The third-order valence-corrected chi connectivity index (χ3v) is 10.8. The Labute approximate surface area is 306 Å². The lowest BCUT2D eigenvalue weighted by atomic mass is 9.96. The average Bonchev–Trinajstić information content (AvgIpc) is 3.57. The molecule has 11 heteroatoms. The van der Waals surface area contributed by atoms with Crippen molar-refractivity contribution in [3.8, 4) is 11.5 Å². The third-order valence-electron chi connectivity index (χ3n) is 10.8. The second-order valence-electron chi connectivity index (χ2n) is 15.0. The van der Waals surface area contributed by atoms with Crippen molar-refractivity contribution in [2.75, 3.05) is 39.3 Å².